The molecule has 2 aliphatic rings. The van der Waals surface area contributed by atoms with Crippen LogP contribution in [0.4, 0.5) is 5.13 Å². The maximum absolute atomic E-state index is 12.9. The van der Waals surface area contributed by atoms with E-state index >= 15 is 0 Å². The van der Waals surface area contributed by atoms with Gasteiger partial charge in [0, 0.05) is 47.7 Å². The molecule has 3 aromatic rings. The average molecular weight is 568 g/mol. The second-order valence-corrected chi connectivity index (χ2v) is 11.9. The van der Waals surface area contributed by atoms with E-state index in [0.717, 1.165) is 59.0 Å². The van der Waals surface area contributed by atoms with Crippen LogP contribution in [0.2, 0.25) is 5.02 Å². The lowest BCUT2D eigenvalue weighted by atomic mass is 9.87. The number of hydrogen-bond donors (Lipinski definition) is 1. The van der Waals surface area contributed by atoms with Gasteiger partial charge in [-0.25, -0.2) is 4.98 Å². The Hall–Kier alpha value is -3.10. The number of carboxylic acids is 1. The number of rotatable bonds is 7. The number of piperidine rings is 2. The first-order valence-corrected chi connectivity index (χ1v) is 14.8. The molecule has 2 unspecified atom stereocenters. The third-order valence-corrected chi connectivity index (χ3v) is 8.96. The lowest BCUT2D eigenvalue weighted by Crippen LogP contribution is -2.42. The van der Waals surface area contributed by atoms with E-state index in [0.29, 0.717) is 36.9 Å². The lowest BCUT2D eigenvalue weighted by Gasteiger charge is -2.34. The summed E-state index contributed by atoms with van der Waals surface area (Å²) in [7, 11) is 0. The van der Waals surface area contributed by atoms with E-state index in [9.17, 15) is 14.7 Å². The quantitative estimate of drug-likeness (QED) is 0.350. The number of aliphatic carboxylic acids is 1. The van der Waals surface area contributed by atoms with Gasteiger partial charge in [0.1, 0.15) is 12.4 Å². The second kappa shape index (κ2) is 12.0. The molecule has 0 spiro atoms. The molecule has 2 fully saturated rings. The number of nitrogens with zero attached hydrogens (tertiary/aromatic N) is 3. The van der Waals surface area contributed by atoms with Crippen molar-refractivity contribution in [1.29, 1.82) is 0 Å². The molecule has 206 valence electrons. The van der Waals surface area contributed by atoms with Crippen molar-refractivity contribution in [3.05, 3.63) is 63.5 Å². The van der Waals surface area contributed by atoms with E-state index in [1.54, 1.807) is 17.4 Å². The van der Waals surface area contributed by atoms with E-state index in [1.807, 2.05) is 54.5 Å². The summed E-state index contributed by atoms with van der Waals surface area (Å²) in [5.74, 6) is -0.193. The molecule has 1 N–H and O–H groups in total. The van der Waals surface area contributed by atoms with Gasteiger partial charge in [0.15, 0.2) is 5.13 Å². The van der Waals surface area contributed by atoms with Crippen LogP contribution in [-0.4, -0.2) is 53.0 Å². The zero-order valence-electron chi connectivity index (χ0n) is 22.4. The Morgan fingerprint density at radius 1 is 1.13 bits per heavy atom. The molecular formula is C30H34ClN3O4S. The van der Waals surface area contributed by atoms with Crippen LogP contribution in [0.15, 0.2) is 41.8 Å². The molecule has 2 saturated heterocycles. The molecule has 2 aromatic carbocycles. The van der Waals surface area contributed by atoms with Crippen LogP contribution >= 0.6 is 22.9 Å². The fourth-order valence-corrected chi connectivity index (χ4v) is 6.51. The van der Waals surface area contributed by atoms with Gasteiger partial charge < -0.3 is 19.6 Å². The molecule has 2 aliphatic heterocycles. The molecule has 1 amide bonds. The molecule has 1 aromatic heterocycles. The van der Waals surface area contributed by atoms with Gasteiger partial charge in [0.05, 0.1) is 11.6 Å². The van der Waals surface area contributed by atoms with Crippen LogP contribution in [0.25, 0.3) is 11.3 Å². The highest BCUT2D eigenvalue weighted by atomic mass is 35.5. The van der Waals surface area contributed by atoms with Crippen LogP contribution in [0.1, 0.15) is 54.1 Å². The molecule has 39 heavy (non-hydrogen) atoms. The van der Waals surface area contributed by atoms with Crippen LogP contribution in [0.3, 0.4) is 0 Å². The minimum absolute atomic E-state index is 0.0541. The number of benzene rings is 2. The summed E-state index contributed by atoms with van der Waals surface area (Å²) in [6, 6.07) is 11.4. The number of thiazole rings is 1. The SMILES string of the molecule is Cc1cc(C(=O)N2CCCCC2)ccc1COc1ccc(Cl)cc1-c1csc(N2CCC(C(=O)O)C(C)C2)n1. The molecule has 0 bridgehead atoms. The van der Waals surface area contributed by atoms with Crippen molar-refractivity contribution in [3.63, 3.8) is 0 Å². The number of likely N-dealkylation sites (tertiary alicyclic amines) is 1. The molecule has 2 atom stereocenters. The second-order valence-electron chi connectivity index (χ2n) is 10.6. The predicted octanol–water partition coefficient (Wildman–Crippen LogP) is 6.52. The third-order valence-electron chi connectivity index (χ3n) is 7.82. The average Bonchev–Trinajstić information content (AvgIpc) is 3.43. The Labute approximate surface area is 238 Å². The Balaban J connectivity index is 1.29. The van der Waals surface area contributed by atoms with E-state index < -0.39 is 5.97 Å². The van der Waals surface area contributed by atoms with Crippen LogP contribution < -0.4 is 9.64 Å². The lowest BCUT2D eigenvalue weighted by molar-refractivity contribution is -0.144. The van der Waals surface area contributed by atoms with E-state index in [4.69, 9.17) is 21.3 Å². The minimum Gasteiger partial charge on any atom is -0.488 e. The van der Waals surface area contributed by atoms with Gasteiger partial charge in [0.25, 0.3) is 5.91 Å². The van der Waals surface area contributed by atoms with E-state index in [1.165, 1.54) is 6.42 Å². The van der Waals surface area contributed by atoms with Crippen molar-refractivity contribution in [3.8, 4) is 17.0 Å². The van der Waals surface area contributed by atoms with E-state index in [-0.39, 0.29) is 17.7 Å². The number of ether oxygens (including phenoxy) is 1. The molecule has 0 aliphatic carbocycles. The normalized spacial score (nSPS) is 19.7. The fraction of sp³-hybridized carbons (Fsp3) is 0.433. The summed E-state index contributed by atoms with van der Waals surface area (Å²) in [5.41, 5.74) is 4.35. The Kier molecular flexibility index (Phi) is 8.43. The van der Waals surface area contributed by atoms with Crippen molar-refractivity contribution in [1.82, 2.24) is 9.88 Å². The molecular weight excluding hydrogens is 534 g/mol. The molecule has 0 saturated carbocycles. The van der Waals surface area contributed by atoms with Gasteiger partial charge >= 0.3 is 5.97 Å². The molecule has 7 nitrogen and oxygen atoms in total. The standard InChI is InChI=1S/C30H34ClN3O4S/c1-19-14-21(28(35)33-11-4-3-5-12-33)6-7-22(19)17-38-27-9-8-23(31)15-25(27)26-18-39-30(32-26)34-13-10-24(29(36)37)20(2)16-34/h6-9,14-15,18,20,24H,3-5,10-13,16-17H2,1-2H3,(H,36,37). The van der Waals surface area contributed by atoms with Crippen LogP contribution in [0.5, 0.6) is 5.75 Å². The predicted molar refractivity (Wildman–Crippen MR) is 155 cm³/mol. The Bertz CT molecular complexity index is 1350. The largest absolute Gasteiger partial charge is 0.488 e. The zero-order valence-corrected chi connectivity index (χ0v) is 23.9. The van der Waals surface area contributed by atoms with Gasteiger partial charge in [-0.1, -0.05) is 24.6 Å². The van der Waals surface area contributed by atoms with E-state index in [2.05, 4.69) is 4.90 Å². The maximum atomic E-state index is 12.9. The number of aryl methyl sites for hydroxylation is 1. The number of carbonyl (C=O) groups is 2. The summed E-state index contributed by atoms with van der Waals surface area (Å²) in [5, 5.41) is 12.9. The smallest absolute Gasteiger partial charge is 0.306 e. The maximum Gasteiger partial charge on any atom is 0.306 e. The number of amides is 1. The number of carbonyl (C=O) groups excluding carboxylic acids is 1. The molecule has 3 heterocycles. The van der Waals surface area contributed by atoms with Gasteiger partial charge in [-0.15, -0.1) is 11.3 Å². The highest BCUT2D eigenvalue weighted by Gasteiger charge is 2.32. The van der Waals surface area contributed by atoms with Crippen molar-refractivity contribution in [2.45, 2.75) is 46.1 Å². The topological polar surface area (TPSA) is 83.0 Å². The zero-order chi connectivity index (χ0) is 27.5. The van der Waals surface area contributed by atoms with Gasteiger partial charge in [-0.05, 0) is 80.0 Å². The van der Waals surface area contributed by atoms with Crippen LogP contribution in [-0.2, 0) is 11.4 Å². The summed E-state index contributed by atoms with van der Waals surface area (Å²) in [6.07, 6.45) is 3.95. The Morgan fingerprint density at radius 2 is 1.92 bits per heavy atom. The van der Waals surface area contributed by atoms with Crippen LogP contribution in [0, 0.1) is 18.8 Å². The summed E-state index contributed by atoms with van der Waals surface area (Å²) < 4.78 is 6.27. The number of hydrogen-bond acceptors (Lipinski definition) is 6. The van der Waals surface area contributed by atoms with Gasteiger partial charge in [-0.2, -0.15) is 0 Å². The number of carboxylic acid groups (broad SMARTS) is 1. The third kappa shape index (κ3) is 6.23. The monoisotopic (exact) mass is 567 g/mol. The molecule has 5 rings (SSSR count). The number of halogens is 1. The van der Waals surface area contributed by atoms with Crippen molar-refractivity contribution < 1.29 is 19.4 Å². The van der Waals surface area contributed by atoms with Gasteiger partial charge in [0.2, 0.25) is 0 Å². The molecule has 0 radical (unpaired) electrons. The summed E-state index contributed by atoms with van der Waals surface area (Å²) >= 11 is 7.90. The first kappa shape index (κ1) is 27.5. The number of aromatic nitrogens is 1. The summed E-state index contributed by atoms with van der Waals surface area (Å²) in [4.78, 5) is 33.4. The van der Waals surface area contributed by atoms with Crippen molar-refractivity contribution >= 4 is 39.9 Å². The molecule has 9 heteroatoms. The Morgan fingerprint density at radius 3 is 2.64 bits per heavy atom. The number of anilines is 1. The minimum atomic E-state index is -0.721. The highest BCUT2D eigenvalue weighted by Crippen LogP contribution is 2.37. The fourth-order valence-electron chi connectivity index (χ4n) is 5.47. The first-order valence-electron chi connectivity index (χ1n) is 13.5. The van der Waals surface area contributed by atoms with Crippen molar-refractivity contribution in [2.24, 2.45) is 11.8 Å². The highest BCUT2D eigenvalue weighted by molar-refractivity contribution is 7.14. The van der Waals surface area contributed by atoms with Gasteiger partial charge in [-0.3, -0.25) is 9.59 Å². The van der Waals surface area contributed by atoms with Crippen molar-refractivity contribution in [2.75, 3.05) is 31.1 Å². The summed E-state index contributed by atoms with van der Waals surface area (Å²) in [6.45, 7) is 7.35. The first-order chi connectivity index (χ1) is 18.8.